The van der Waals surface area contributed by atoms with Crippen LogP contribution in [0.5, 0.6) is 0 Å². The Balaban J connectivity index is 2.11. The van der Waals surface area contributed by atoms with Gasteiger partial charge in [0.15, 0.2) is 9.84 Å². The van der Waals surface area contributed by atoms with Crippen LogP contribution in [0.1, 0.15) is 18.9 Å². The molecule has 1 aromatic rings. The van der Waals surface area contributed by atoms with E-state index in [-0.39, 0.29) is 24.0 Å². The first-order valence-corrected chi connectivity index (χ1v) is 8.41. The van der Waals surface area contributed by atoms with Crippen molar-refractivity contribution in [3.8, 4) is 0 Å². The van der Waals surface area contributed by atoms with E-state index >= 15 is 0 Å². The number of para-hydroxylation sites is 1. The second-order valence-corrected chi connectivity index (χ2v) is 6.98. The lowest BCUT2D eigenvalue weighted by atomic mass is 10.1. The van der Waals surface area contributed by atoms with Gasteiger partial charge in [-0.3, -0.25) is 4.79 Å². The maximum atomic E-state index is 12.4. The van der Waals surface area contributed by atoms with Gasteiger partial charge in [-0.25, -0.2) is 8.42 Å². The fourth-order valence-corrected chi connectivity index (χ4v) is 3.85. The van der Waals surface area contributed by atoms with Gasteiger partial charge < -0.3 is 4.90 Å². The number of aryl methyl sites for hydroxylation is 1. The van der Waals surface area contributed by atoms with Crippen LogP contribution in [0.4, 0.5) is 5.69 Å². The molecule has 0 saturated carbocycles. The quantitative estimate of drug-likeness (QED) is 0.856. The van der Waals surface area contributed by atoms with Crippen molar-refractivity contribution in [2.24, 2.45) is 5.92 Å². The van der Waals surface area contributed by atoms with Gasteiger partial charge in [-0.1, -0.05) is 24.3 Å². The molecule has 0 aliphatic carbocycles. The molecule has 1 aromatic carbocycles. The molecule has 0 bridgehead atoms. The van der Waals surface area contributed by atoms with Crippen molar-refractivity contribution in [1.82, 2.24) is 0 Å². The lowest BCUT2D eigenvalue weighted by Gasteiger charge is -2.24. The highest BCUT2D eigenvalue weighted by Crippen LogP contribution is 2.24. The third-order valence-electron chi connectivity index (χ3n) is 3.46. The molecule has 5 heteroatoms. The van der Waals surface area contributed by atoms with Gasteiger partial charge in [-0.15, -0.1) is 0 Å². The number of hydrogen-bond donors (Lipinski definition) is 0. The Morgan fingerprint density at radius 1 is 1.35 bits per heavy atom. The molecule has 0 saturated heterocycles. The summed E-state index contributed by atoms with van der Waals surface area (Å²) in [7, 11) is -3.10. The van der Waals surface area contributed by atoms with Crippen LogP contribution in [0.2, 0.25) is 0 Å². The number of nitrogens with zero attached hydrogens (tertiary/aromatic N) is 1. The van der Waals surface area contributed by atoms with Crippen LogP contribution in [0, 0.1) is 12.8 Å². The van der Waals surface area contributed by atoms with Crippen molar-refractivity contribution in [2.45, 2.75) is 20.3 Å². The van der Waals surface area contributed by atoms with E-state index in [0.717, 1.165) is 11.3 Å². The minimum Gasteiger partial charge on any atom is -0.312 e. The maximum absolute atomic E-state index is 12.4. The SMILES string of the molecule is CCN(C(=O)CC1C=CS(=O)(=O)C1)c1ccccc1C. The van der Waals surface area contributed by atoms with Crippen molar-refractivity contribution in [2.75, 3.05) is 17.2 Å². The Morgan fingerprint density at radius 2 is 2.05 bits per heavy atom. The Bertz CT molecular complexity index is 634. The van der Waals surface area contributed by atoms with E-state index < -0.39 is 9.84 Å². The second-order valence-electron chi connectivity index (χ2n) is 5.05. The molecule has 0 aromatic heterocycles. The van der Waals surface area contributed by atoms with E-state index in [4.69, 9.17) is 0 Å². The van der Waals surface area contributed by atoms with Crippen molar-refractivity contribution < 1.29 is 13.2 Å². The van der Waals surface area contributed by atoms with E-state index in [1.807, 2.05) is 38.1 Å². The molecule has 1 unspecified atom stereocenters. The number of sulfone groups is 1. The molecule has 1 aliphatic heterocycles. The summed E-state index contributed by atoms with van der Waals surface area (Å²) in [5, 5.41) is 1.22. The number of hydrogen-bond acceptors (Lipinski definition) is 3. The Labute approximate surface area is 120 Å². The van der Waals surface area contributed by atoms with E-state index in [2.05, 4.69) is 0 Å². The smallest absolute Gasteiger partial charge is 0.227 e. The van der Waals surface area contributed by atoms with Crippen LogP contribution < -0.4 is 4.90 Å². The van der Waals surface area contributed by atoms with Gasteiger partial charge in [-0.05, 0) is 25.5 Å². The molecule has 1 heterocycles. The van der Waals surface area contributed by atoms with Gasteiger partial charge in [0.05, 0.1) is 5.75 Å². The van der Waals surface area contributed by atoms with Crippen LogP contribution in [0.15, 0.2) is 35.7 Å². The van der Waals surface area contributed by atoms with E-state index in [1.165, 1.54) is 5.41 Å². The largest absolute Gasteiger partial charge is 0.312 e. The molecular weight excluding hydrogens is 274 g/mol. The third-order valence-corrected chi connectivity index (χ3v) is 4.93. The van der Waals surface area contributed by atoms with Gasteiger partial charge >= 0.3 is 0 Å². The van der Waals surface area contributed by atoms with E-state index in [0.29, 0.717) is 6.54 Å². The summed E-state index contributed by atoms with van der Waals surface area (Å²) in [5.74, 6) is -0.191. The molecule has 1 atom stereocenters. The maximum Gasteiger partial charge on any atom is 0.227 e. The van der Waals surface area contributed by atoms with Crippen molar-refractivity contribution in [3.05, 3.63) is 41.3 Å². The van der Waals surface area contributed by atoms with Gasteiger partial charge in [0, 0.05) is 30.0 Å². The number of benzene rings is 1. The minimum absolute atomic E-state index is 0.0337. The molecule has 0 fully saturated rings. The first-order chi connectivity index (χ1) is 9.43. The Hall–Kier alpha value is -1.62. The number of carbonyl (C=O) groups excluding carboxylic acids is 1. The molecular formula is C15H19NO3S. The average molecular weight is 293 g/mol. The zero-order valence-corrected chi connectivity index (χ0v) is 12.6. The summed E-state index contributed by atoms with van der Waals surface area (Å²) in [6.07, 6.45) is 1.86. The summed E-state index contributed by atoms with van der Waals surface area (Å²) in [4.78, 5) is 14.1. The highest BCUT2D eigenvalue weighted by atomic mass is 32.2. The molecule has 20 heavy (non-hydrogen) atoms. The third kappa shape index (κ3) is 3.28. The fourth-order valence-electron chi connectivity index (χ4n) is 2.45. The molecule has 0 radical (unpaired) electrons. The van der Waals surface area contributed by atoms with Crippen LogP contribution in [-0.4, -0.2) is 26.6 Å². The first-order valence-electron chi connectivity index (χ1n) is 6.70. The summed E-state index contributed by atoms with van der Waals surface area (Å²) in [5.41, 5.74) is 1.93. The van der Waals surface area contributed by atoms with Crippen molar-refractivity contribution in [1.29, 1.82) is 0 Å². The molecule has 0 N–H and O–H groups in total. The van der Waals surface area contributed by atoms with Gasteiger partial charge in [0.25, 0.3) is 0 Å². The zero-order valence-electron chi connectivity index (χ0n) is 11.7. The van der Waals surface area contributed by atoms with Gasteiger partial charge in [-0.2, -0.15) is 0 Å². The topological polar surface area (TPSA) is 54.5 Å². The lowest BCUT2D eigenvalue weighted by molar-refractivity contribution is -0.119. The molecule has 1 amide bonds. The summed E-state index contributed by atoms with van der Waals surface area (Å²) in [6, 6.07) is 7.71. The number of anilines is 1. The number of allylic oxidation sites excluding steroid dienone is 1. The molecule has 108 valence electrons. The summed E-state index contributed by atoms with van der Waals surface area (Å²) in [6.45, 7) is 4.46. The zero-order chi connectivity index (χ0) is 14.8. The number of carbonyl (C=O) groups is 1. The molecule has 1 aliphatic rings. The van der Waals surface area contributed by atoms with Crippen molar-refractivity contribution >= 4 is 21.4 Å². The summed E-state index contributed by atoms with van der Waals surface area (Å²) < 4.78 is 22.7. The monoisotopic (exact) mass is 293 g/mol. The predicted molar refractivity (Wildman–Crippen MR) is 80.2 cm³/mol. The standard InChI is InChI=1S/C15H19NO3S/c1-3-16(14-7-5-4-6-12(14)2)15(17)10-13-8-9-20(18,19)11-13/h4-9,13H,3,10-11H2,1-2H3. The summed E-state index contributed by atoms with van der Waals surface area (Å²) >= 11 is 0. The molecule has 4 nitrogen and oxygen atoms in total. The lowest BCUT2D eigenvalue weighted by Crippen LogP contribution is -2.32. The van der Waals surface area contributed by atoms with E-state index in [9.17, 15) is 13.2 Å². The van der Waals surface area contributed by atoms with Crippen LogP contribution in [0.3, 0.4) is 0 Å². The van der Waals surface area contributed by atoms with Crippen LogP contribution >= 0.6 is 0 Å². The first kappa shape index (κ1) is 14.8. The number of rotatable bonds is 4. The molecule has 2 rings (SSSR count). The van der Waals surface area contributed by atoms with Crippen LogP contribution in [-0.2, 0) is 14.6 Å². The van der Waals surface area contributed by atoms with E-state index in [1.54, 1.807) is 11.0 Å². The highest BCUT2D eigenvalue weighted by Gasteiger charge is 2.26. The highest BCUT2D eigenvalue weighted by molar-refractivity contribution is 7.94. The fraction of sp³-hybridized carbons (Fsp3) is 0.400. The Kier molecular flexibility index (Phi) is 4.28. The molecule has 0 spiro atoms. The second kappa shape index (κ2) is 5.79. The Morgan fingerprint density at radius 3 is 2.60 bits per heavy atom. The van der Waals surface area contributed by atoms with Crippen molar-refractivity contribution in [3.63, 3.8) is 0 Å². The average Bonchev–Trinajstić information content (AvgIpc) is 2.72. The normalized spacial score (nSPS) is 20.0. The van der Waals surface area contributed by atoms with Crippen LogP contribution in [0.25, 0.3) is 0 Å². The van der Waals surface area contributed by atoms with Gasteiger partial charge in [0.1, 0.15) is 0 Å². The minimum atomic E-state index is -3.10. The van der Waals surface area contributed by atoms with Gasteiger partial charge in [0.2, 0.25) is 5.91 Å². The number of amides is 1. The predicted octanol–water partition coefficient (Wildman–Crippen LogP) is 2.30.